The van der Waals surface area contributed by atoms with Crippen molar-refractivity contribution in [1.29, 1.82) is 0 Å². The topological polar surface area (TPSA) is 62.7 Å². The van der Waals surface area contributed by atoms with E-state index in [0.29, 0.717) is 0 Å². The Bertz CT molecular complexity index is 568. The SMILES string of the molecule is CCNc1ncnc(NCc2cnccc2C)c1CC. The fourth-order valence-electron chi connectivity index (χ4n) is 2.08. The van der Waals surface area contributed by atoms with Gasteiger partial charge in [0.2, 0.25) is 0 Å². The molecule has 0 aliphatic rings. The summed E-state index contributed by atoms with van der Waals surface area (Å²) in [4.78, 5) is 12.8. The summed E-state index contributed by atoms with van der Waals surface area (Å²) in [6.07, 6.45) is 6.18. The number of nitrogens with one attached hydrogen (secondary N) is 2. The van der Waals surface area contributed by atoms with Gasteiger partial charge in [-0.2, -0.15) is 0 Å². The van der Waals surface area contributed by atoms with Crippen molar-refractivity contribution in [2.24, 2.45) is 0 Å². The first-order valence-electron chi connectivity index (χ1n) is 6.97. The summed E-state index contributed by atoms with van der Waals surface area (Å²) in [6.45, 7) is 7.83. The average molecular weight is 271 g/mol. The molecule has 0 aliphatic heterocycles. The molecule has 0 atom stereocenters. The molecule has 0 radical (unpaired) electrons. The fraction of sp³-hybridized carbons (Fsp3) is 0.400. The molecule has 0 spiro atoms. The van der Waals surface area contributed by atoms with Gasteiger partial charge in [-0.15, -0.1) is 0 Å². The molecule has 5 nitrogen and oxygen atoms in total. The summed E-state index contributed by atoms with van der Waals surface area (Å²) >= 11 is 0. The van der Waals surface area contributed by atoms with Gasteiger partial charge in [0.15, 0.2) is 0 Å². The normalized spacial score (nSPS) is 10.3. The minimum absolute atomic E-state index is 0.718. The van der Waals surface area contributed by atoms with Crippen LogP contribution >= 0.6 is 0 Å². The smallest absolute Gasteiger partial charge is 0.134 e. The molecule has 5 heteroatoms. The second-order valence-electron chi connectivity index (χ2n) is 4.59. The molecule has 2 aromatic heterocycles. The molecule has 2 heterocycles. The summed E-state index contributed by atoms with van der Waals surface area (Å²) in [5.41, 5.74) is 3.53. The van der Waals surface area contributed by atoms with Crippen molar-refractivity contribution in [3.63, 3.8) is 0 Å². The minimum atomic E-state index is 0.718. The molecular weight excluding hydrogens is 250 g/mol. The lowest BCUT2D eigenvalue weighted by atomic mass is 10.1. The molecule has 0 fully saturated rings. The van der Waals surface area contributed by atoms with Crippen LogP contribution in [0.4, 0.5) is 11.6 Å². The van der Waals surface area contributed by atoms with Crippen LogP contribution in [0, 0.1) is 6.92 Å². The number of anilines is 2. The Morgan fingerprint density at radius 1 is 1.10 bits per heavy atom. The zero-order chi connectivity index (χ0) is 14.4. The van der Waals surface area contributed by atoms with Gasteiger partial charge in [0.05, 0.1) is 0 Å². The van der Waals surface area contributed by atoms with E-state index in [-0.39, 0.29) is 0 Å². The van der Waals surface area contributed by atoms with E-state index in [0.717, 1.165) is 36.7 Å². The third-order valence-corrected chi connectivity index (χ3v) is 3.24. The van der Waals surface area contributed by atoms with Gasteiger partial charge in [-0.05, 0) is 37.5 Å². The Morgan fingerprint density at radius 2 is 1.85 bits per heavy atom. The summed E-state index contributed by atoms with van der Waals surface area (Å²) < 4.78 is 0. The van der Waals surface area contributed by atoms with E-state index in [1.807, 2.05) is 18.5 Å². The Labute approximate surface area is 119 Å². The highest BCUT2D eigenvalue weighted by Crippen LogP contribution is 2.21. The number of aryl methyl sites for hydroxylation is 1. The number of aromatic nitrogens is 3. The zero-order valence-electron chi connectivity index (χ0n) is 12.3. The number of hydrogen-bond acceptors (Lipinski definition) is 5. The first-order valence-corrected chi connectivity index (χ1v) is 6.97. The molecule has 2 N–H and O–H groups in total. The summed E-state index contributed by atoms with van der Waals surface area (Å²) in [5.74, 6) is 1.80. The molecule has 20 heavy (non-hydrogen) atoms. The third kappa shape index (κ3) is 3.23. The lowest BCUT2D eigenvalue weighted by molar-refractivity contribution is 0.991. The van der Waals surface area contributed by atoms with E-state index in [9.17, 15) is 0 Å². The first-order chi connectivity index (χ1) is 9.76. The van der Waals surface area contributed by atoms with E-state index in [2.05, 4.69) is 46.4 Å². The summed E-state index contributed by atoms with van der Waals surface area (Å²) in [6, 6.07) is 2.02. The molecule has 0 aromatic carbocycles. The highest BCUT2D eigenvalue weighted by Gasteiger charge is 2.09. The fourth-order valence-corrected chi connectivity index (χ4v) is 2.08. The van der Waals surface area contributed by atoms with Gasteiger partial charge in [-0.1, -0.05) is 6.92 Å². The molecule has 0 aliphatic carbocycles. The Kier molecular flexibility index (Phi) is 4.87. The number of pyridine rings is 1. The van der Waals surface area contributed by atoms with Crippen molar-refractivity contribution >= 4 is 11.6 Å². The molecule has 2 aromatic rings. The second-order valence-corrected chi connectivity index (χ2v) is 4.59. The predicted molar refractivity (Wildman–Crippen MR) is 81.9 cm³/mol. The maximum Gasteiger partial charge on any atom is 0.134 e. The van der Waals surface area contributed by atoms with Crippen LogP contribution in [0.1, 0.15) is 30.5 Å². The van der Waals surface area contributed by atoms with Gasteiger partial charge in [-0.25, -0.2) is 9.97 Å². The second kappa shape index (κ2) is 6.84. The highest BCUT2D eigenvalue weighted by molar-refractivity contribution is 5.57. The van der Waals surface area contributed by atoms with Crippen molar-refractivity contribution in [1.82, 2.24) is 15.0 Å². The maximum absolute atomic E-state index is 4.35. The first kappa shape index (κ1) is 14.2. The van der Waals surface area contributed by atoms with E-state index in [1.54, 1.807) is 6.33 Å². The van der Waals surface area contributed by atoms with Crippen molar-refractivity contribution in [2.75, 3.05) is 17.2 Å². The average Bonchev–Trinajstić information content (AvgIpc) is 2.47. The van der Waals surface area contributed by atoms with Gasteiger partial charge in [-0.3, -0.25) is 4.98 Å². The van der Waals surface area contributed by atoms with Crippen molar-refractivity contribution in [2.45, 2.75) is 33.7 Å². The Balaban J connectivity index is 2.17. The van der Waals surface area contributed by atoms with Gasteiger partial charge >= 0.3 is 0 Å². The Hall–Kier alpha value is -2.17. The number of rotatable bonds is 6. The quantitative estimate of drug-likeness (QED) is 0.846. The van der Waals surface area contributed by atoms with Crippen LogP contribution in [0.5, 0.6) is 0 Å². The highest BCUT2D eigenvalue weighted by atomic mass is 15.1. The number of nitrogens with zero attached hydrogens (tertiary/aromatic N) is 3. The standard InChI is InChI=1S/C15H21N5/c1-4-13-14(17-5-2)19-10-20-15(13)18-9-12-8-16-7-6-11(12)3/h6-8,10H,4-5,9H2,1-3H3,(H2,17,18,19,20). The third-order valence-electron chi connectivity index (χ3n) is 3.24. The van der Waals surface area contributed by atoms with Crippen LogP contribution in [0.15, 0.2) is 24.8 Å². The zero-order valence-corrected chi connectivity index (χ0v) is 12.3. The van der Waals surface area contributed by atoms with Gasteiger partial charge in [0, 0.05) is 31.0 Å². The molecule has 0 saturated carbocycles. The van der Waals surface area contributed by atoms with Crippen molar-refractivity contribution in [3.05, 3.63) is 41.5 Å². The van der Waals surface area contributed by atoms with Crippen LogP contribution in [-0.4, -0.2) is 21.5 Å². The molecule has 106 valence electrons. The predicted octanol–water partition coefficient (Wildman–Crippen LogP) is 2.79. The van der Waals surface area contributed by atoms with Crippen LogP contribution < -0.4 is 10.6 Å². The number of hydrogen-bond donors (Lipinski definition) is 2. The molecule has 0 bridgehead atoms. The van der Waals surface area contributed by atoms with Crippen molar-refractivity contribution < 1.29 is 0 Å². The Morgan fingerprint density at radius 3 is 2.50 bits per heavy atom. The van der Waals surface area contributed by atoms with Crippen LogP contribution in [0.3, 0.4) is 0 Å². The molecule has 0 unspecified atom stereocenters. The largest absolute Gasteiger partial charge is 0.370 e. The summed E-state index contributed by atoms with van der Waals surface area (Å²) in [5, 5.41) is 6.66. The van der Waals surface area contributed by atoms with E-state index < -0.39 is 0 Å². The van der Waals surface area contributed by atoms with Gasteiger partial charge in [0.1, 0.15) is 18.0 Å². The lowest BCUT2D eigenvalue weighted by Gasteiger charge is -2.14. The summed E-state index contributed by atoms with van der Waals surface area (Å²) in [7, 11) is 0. The van der Waals surface area contributed by atoms with Crippen LogP contribution in [0.2, 0.25) is 0 Å². The van der Waals surface area contributed by atoms with Crippen LogP contribution in [-0.2, 0) is 13.0 Å². The monoisotopic (exact) mass is 271 g/mol. The van der Waals surface area contributed by atoms with Gasteiger partial charge in [0.25, 0.3) is 0 Å². The van der Waals surface area contributed by atoms with Crippen LogP contribution in [0.25, 0.3) is 0 Å². The van der Waals surface area contributed by atoms with E-state index >= 15 is 0 Å². The molecule has 2 rings (SSSR count). The maximum atomic E-state index is 4.35. The molecule has 0 saturated heterocycles. The molecular formula is C15H21N5. The van der Waals surface area contributed by atoms with Crippen molar-refractivity contribution in [3.8, 4) is 0 Å². The van der Waals surface area contributed by atoms with Gasteiger partial charge < -0.3 is 10.6 Å². The van der Waals surface area contributed by atoms with E-state index in [4.69, 9.17) is 0 Å². The minimum Gasteiger partial charge on any atom is -0.370 e. The molecule has 0 amide bonds. The lowest BCUT2D eigenvalue weighted by Crippen LogP contribution is -2.10. The van der Waals surface area contributed by atoms with E-state index in [1.165, 1.54) is 11.1 Å².